The Morgan fingerprint density at radius 3 is 2.74 bits per heavy atom. The summed E-state index contributed by atoms with van der Waals surface area (Å²) in [5, 5.41) is 14.6. The maximum atomic E-state index is 10.2. The molecule has 4 N–H and O–H groups in total. The quantitative estimate of drug-likeness (QED) is 0.683. The molecule has 6 heteroatoms. The van der Waals surface area contributed by atoms with Gasteiger partial charge in [0, 0.05) is 18.0 Å². The largest absolute Gasteiger partial charge is 0.506 e. The van der Waals surface area contributed by atoms with Gasteiger partial charge in [0.25, 0.3) is 0 Å². The average Bonchev–Trinajstić information content (AvgIpc) is 2.55. The van der Waals surface area contributed by atoms with Crippen molar-refractivity contribution in [3.63, 3.8) is 0 Å². The third kappa shape index (κ3) is 3.21. The molecule has 3 aromatic rings. The monoisotopic (exact) mass is 328 g/mol. The first-order valence-corrected chi connectivity index (χ1v) is 7.68. The number of nitrogens with one attached hydrogen (secondary N) is 1. The van der Waals surface area contributed by atoms with Gasteiger partial charge in [0.1, 0.15) is 11.6 Å². The fourth-order valence-electron chi connectivity index (χ4n) is 2.29. The van der Waals surface area contributed by atoms with Crippen LogP contribution in [-0.4, -0.2) is 27.7 Å². The summed E-state index contributed by atoms with van der Waals surface area (Å²) in [5.41, 5.74) is 7.09. The highest BCUT2D eigenvalue weighted by Gasteiger charge is 2.14. The summed E-state index contributed by atoms with van der Waals surface area (Å²) in [6, 6.07) is 12.8. The summed E-state index contributed by atoms with van der Waals surface area (Å²) in [5.74, 6) is 1.07. The molecule has 3 rings (SSSR count). The zero-order chi connectivity index (χ0) is 16.4. The number of aromatic nitrogens is 2. The van der Waals surface area contributed by atoms with Crippen LogP contribution in [0.25, 0.3) is 22.3 Å². The van der Waals surface area contributed by atoms with Crippen molar-refractivity contribution in [1.29, 1.82) is 0 Å². The molecule has 2 aromatic carbocycles. The molecule has 1 unspecified atom stereocenters. The minimum absolute atomic E-state index is 0.00764. The van der Waals surface area contributed by atoms with Gasteiger partial charge in [-0.25, -0.2) is 9.97 Å². The third-order valence-corrected chi connectivity index (χ3v) is 3.73. The number of phenols is 1. The van der Waals surface area contributed by atoms with E-state index >= 15 is 0 Å². The van der Waals surface area contributed by atoms with Gasteiger partial charge in [0.2, 0.25) is 0 Å². The highest BCUT2D eigenvalue weighted by atomic mass is 35.5. The summed E-state index contributed by atoms with van der Waals surface area (Å²) in [6.07, 6.45) is 0. The van der Waals surface area contributed by atoms with E-state index in [0.29, 0.717) is 23.8 Å². The van der Waals surface area contributed by atoms with Crippen LogP contribution >= 0.6 is 11.6 Å². The number of nitrogens with two attached hydrogens (primary N) is 1. The van der Waals surface area contributed by atoms with Gasteiger partial charge in [-0.1, -0.05) is 29.8 Å². The van der Waals surface area contributed by atoms with Crippen molar-refractivity contribution < 1.29 is 5.11 Å². The smallest absolute Gasteiger partial charge is 0.165 e. The first kappa shape index (κ1) is 15.5. The van der Waals surface area contributed by atoms with E-state index in [2.05, 4.69) is 15.3 Å². The third-order valence-electron chi connectivity index (χ3n) is 3.42. The number of aromatic hydroxyl groups is 1. The van der Waals surface area contributed by atoms with Crippen LogP contribution in [0.15, 0.2) is 42.5 Å². The molecule has 0 saturated heterocycles. The second-order valence-electron chi connectivity index (χ2n) is 5.41. The Labute approximate surface area is 139 Å². The number of phenolic OH excluding ortho intramolecular Hbond substituents is 1. The zero-order valence-electron chi connectivity index (χ0n) is 12.6. The normalized spacial score (nSPS) is 12.3. The number of benzene rings is 2. The molecule has 1 aromatic heterocycles. The van der Waals surface area contributed by atoms with Crippen LogP contribution in [0.3, 0.4) is 0 Å². The van der Waals surface area contributed by atoms with Gasteiger partial charge in [0.15, 0.2) is 5.82 Å². The summed E-state index contributed by atoms with van der Waals surface area (Å²) >= 11 is 5.99. The van der Waals surface area contributed by atoms with E-state index in [9.17, 15) is 5.11 Å². The van der Waals surface area contributed by atoms with Crippen molar-refractivity contribution in [1.82, 2.24) is 9.97 Å². The molecule has 0 radical (unpaired) electrons. The number of nitrogens with zero attached hydrogens (tertiary/aromatic N) is 2. The van der Waals surface area contributed by atoms with E-state index in [0.717, 1.165) is 10.9 Å². The topological polar surface area (TPSA) is 84.1 Å². The summed E-state index contributed by atoms with van der Waals surface area (Å²) in [7, 11) is 0. The van der Waals surface area contributed by atoms with Crippen LogP contribution in [0.5, 0.6) is 5.75 Å². The number of fused-ring (bicyclic) bond motifs is 1. The molecule has 0 fully saturated rings. The first-order chi connectivity index (χ1) is 11.1. The predicted molar refractivity (Wildman–Crippen MR) is 93.8 cm³/mol. The second kappa shape index (κ2) is 6.40. The molecule has 118 valence electrons. The van der Waals surface area contributed by atoms with Gasteiger partial charge in [-0.15, -0.1) is 0 Å². The number of para-hydroxylation sites is 2. The molecule has 1 heterocycles. The van der Waals surface area contributed by atoms with Crippen molar-refractivity contribution in [2.75, 3.05) is 11.9 Å². The van der Waals surface area contributed by atoms with Gasteiger partial charge in [0.05, 0.1) is 16.1 Å². The second-order valence-corrected chi connectivity index (χ2v) is 5.81. The Bertz CT molecular complexity index is 851. The molecule has 0 bridgehead atoms. The van der Waals surface area contributed by atoms with Crippen LogP contribution in [0.1, 0.15) is 6.92 Å². The minimum Gasteiger partial charge on any atom is -0.506 e. The standard InChI is InChI=1S/C17H17ClN4O/c1-10(19)9-20-16-11-5-2-3-8-14(11)21-17(22-16)12-6-4-7-13(18)15(12)23/h2-8,10,23H,9,19H2,1H3,(H,20,21,22). The highest BCUT2D eigenvalue weighted by Crippen LogP contribution is 2.34. The molecule has 0 aliphatic heterocycles. The highest BCUT2D eigenvalue weighted by molar-refractivity contribution is 6.32. The Balaban J connectivity index is 2.16. The van der Waals surface area contributed by atoms with Crippen molar-refractivity contribution in [3.8, 4) is 17.1 Å². The van der Waals surface area contributed by atoms with Gasteiger partial charge < -0.3 is 16.2 Å². The molecule has 5 nitrogen and oxygen atoms in total. The lowest BCUT2D eigenvalue weighted by Crippen LogP contribution is -2.25. The number of anilines is 1. The Kier molecular flexibility index (Phi) is 4.32. The van der Waals surface area contributed by atoms with E-state index in [1.54, 1.807) is 18.2 Å². The molecule has 0 spiro atoms. The molecule has 23 heavy (non-hydrogen) atoms. The zero-order valence-corrected chi connectivity index (χ0v) is 13.4. The fraction of sp³-hybridized carbons (Fsp3) is 0.176. The van der Waals surface area contributed by atoms with Gasteiger partial charge in [-0.05, 0) is 31.2 Å². The maximum Gasteiger partial charge on any atom is 0.165 e. The summed E-state index contributed by atoms with van der Waals surface area (Å²) in [6.45, 7) is 2.50. The van der Waals surface area contributed by atoms with Crippen LogP contribution in [0.4, 0.5) is 5.82 Å². The van der Waals surface area contributed by atoms with Crippen LogP contribution in [0, 0.1) is 0 Å². The van der Waals surface area contributed by atoms with Gasteiger partial charge in [-0.2, -0.15) is 0 Å². The van der Waals surface area contributed by atoms with E-state index < -0.39 is 0 Å². The molecule has 0 aliphatic carbocycles. The predicted octanol–water partition coefficient (Wildman–Crippen LogP) is 3.41. The lowest BCUT2D eigenvalue weighted by atomic mass is 10.1. The lowest BCUT2D eigenvalue weighted by Gasteiger charge is -2.13. The van der Waals surface area contributed by atoms with Crippen LogP contribution < -0.4 is 11.1 Å². The molecule has 0 aliphatic rings. The maximum absolute atomic E-state index is 10.2. The average molecular weight is 329 g/mol. The fourth-order valence-corrected chi connectivity index (χ4v) is 2.46. The number of hydrogen-bond acceptors (Lipinski definition) is 5. The molecule has 1 atom stereocenters. The number of hydrogen-bond donors (Lipinski definition) is 3. The number of halogens is 1. The van der Waals surface area contributed by atoms with Crippen molar-refractivity contribution >= 4 is 28.3 Å². The summed E-state index contributed by atoms with van der Waals surface area (Å²) < 4.78 is 0. The van der Waals surface area contributed by atoms with E-state index in [-0.39, 0.29) is 16.8 Å². The Morgan fingerprint density at radius 2 is 1.96 bits per heavy atom. The Hall–Kier alpha value is -2.37. The molecule has 0 amide bonds. The Morgan fingerprint density at radius 1 is 1.17 bits per heavy atom. The SMILES string of the molecule is CC(N)CNc1nc(-c2cccc(Cl)c2O)nc2ccccc12. The lowest BCUT2D eigenvalue weighted by molar-refractivity contribution is 0.477. The van der Waals surface area contributed by atoms with E-state index in [4.69, 9.17) is 17.3 Å². The van der Waals surface area contributed by atoms with Crippen molar-refractivity contribution in [2.45, 2.75) is 13.0 Å². The van der Waals surface area contributed by atoms with E-state index in [1.165, 1.54) is 0 Å². The first-order valence-electron chi connectivity index (χ1n) is 7.30. The minimum atomic E-state index is -0.0254. The van der Waals surface area contributed by atoms with Crippen molar-refractivity contribution in [3.05, 3.63) is 47.5 Å². The molecular formula is C17H17ClN4O. The number of rotatable bonds is 4. The van der Waals surface area contributed by atoms with Gasteiger partial charge >= 0.3 is 0 Å². The molecular weight excluding hydrogens is 312 g/mol. The molecule has 0 saturated carbocycles. The summed E-state index contributed by atoms with van der Waals surface area (Å²) in [4.78, 5) is 9.08. The van der Waals surface area contributed by atoms with Crippen LogP contribution in [0.2, 0.25) is 5.02 Å². The van der Waals surface area contributed by atoms with Gasteiger partial charge in [-0.3, -0.25) is 0 Å². The van der Waals surface area contributed by atoms with Crippen molar-refractivity contribution in [2.24, 2.45) is 5.73 Å². The van der Waals surface area contributed by atoms with E-state index in [1.807, 2.05) is 31.2 Å². The van der Waals surface area contributed by atoms with Crippen LogP contribution in [-0.2, 0) is 0 Å².